The van der Waals surface area contributed by atoms with Crippen molar-refractivity contribution in [2.75, 3.05) is 0 Å². The zero-order chi connectivity index (χ0) is 10.0. The summed E-state index contributed by atoms with van der Waals surface area (Å²) >= 11 is -1.54. The Kier molecular flexibility index (Phi) is 3.19. The van der Waals surface area contributed by atoms with E-state index in [1.54, 1.807) is 0 Å². The van der Waals surface area contributed by atoms with E-state index in [0.29, 0.717) is 4.90 Å². The Morgan fingerprint density at radius 3 is 2.08 bits per heavy atom. The lowest BCUT2D eigenvalue weighted by molar-refractivity contribution is 0.366. The van der Waals surface area contributed by atoms with E-state index in [9.17, 15) is 4.21 Å². The van der Waals surface area contributed by atoms with Gasteiger partial charge in [-0.2, -0.15) is 10.2 Å². The van der Waals surface area contributed by atoms with Gasteiger partial charge in [-0.15, -0.1) is 0 Å². The molecule has 0 saturated heterocycles. The van der Waals surface area contributed by atoms with E-state index in [1.165, 1.54) is 0 Å². The zero-order valence-electron chi connectivity index (χ0n) is 7.96. The molecule has 0 heterocycles. The van der Waals surface area contributed by atoms with Crippen LogP contribution in [0.1, 0.15) is 16.7 Å². The number of hydrogen-bond donors (Lipinski definition) is 1. The molecule has 0 aliphatic heterocycles. The smallest absolute Gasteiger partial charge is 0.206 e. The Balaban J connectivity index is 3.28. The van der Waals surface area contributed by atoms with Gasteiger partial charge in [0.15, 0.2) is 0 Å². The second kappa shape index (κ2) is 4.00. The first-order valence-electron chi connectivity index (χ1n) is 3.93. The van der Waals surface area contributed by atoms with Crippen LogP contribution < -0.4 is 5.90 Å². The average molecular weight is 199 g/mol. The highest BCUT2D eigenvalue weighted by Gasteiger charge is 2.10. The third-order valence-electron chi connectivity index (χ3n) is 1.86. The molecule has 0 fully saturated rings. The molecule has 1 aromatic carbocycles. The first-order chi connectivity index (χ1) is 6.06. The van der Waals surface area contributed by atoms with Crippen molar-refractivity contribution in [3.05, 3.63) is 28.8 Å². The molecule has 0 bridgehead atoms. The largest absolute Gasteiger partial charge is 0.223 e. The third-order valence-corrected chi connectivity index (χ3v) is 3.01. The molecule has 0 spiro atoms. The number of benzene rings is 1. The molecule has 0 aromatic heterocycles. The van der Waals surface area contributed by atoms with Gasteiger partial charge in [0.25, 0.3) is 0 Å². The van der Waals surface area contributed by atoms with Gasteiger partial charge < -0.3 is 0 Å². The summed E-state index contributed by atoms with van der Waals surface area (Å²) in [7, 11) is 0. The summed E-state index contributed by atoms with van der Waals surface area (Å²) in [6, 6.07) is 3.92. The molecular formula is C9H13NO2S. The van der Waals surface area contributed by atoms with Crippen molar-refractivity contribution >= 4 is 11.1 Å². The summed E-state index contributed by atoms with van der Waals surface area (Å²) in [6.07, 6.45) is 0. The topological polar surface area (TPSA) is 52.3 Å². The highest BCUT2D eigenvalue weighted by molar-refractivity contribution is 7.80. The highest BCUT2D eigenvalue weighted by Crippen LogP contribution is 2.19. The van der Waals surface area contributed by atoms with Crippen LogP contribution in [0.4, 0.5) is 0 Å². The van der Waals surface area contributed by atoms with Crippen LogP contribution >= 0.6 is 0 Å². The molecule has 0 aliphatic carbocycles. The van der Waals surface area contributed by atoms with Gasteiger partial charge in [-0.25, -0.2) is 4.21 Å². The van der Waals surface area contributed by atoms with Crippen LogP contribution in [-0.4, -0.2) is 4.21 Å². The lowest BCUT2D eigenvalue weighted by Gasteiger charge is -2.08. The van der Waals surface area contributed by atoms with Crippen LogP contribution in [0.3, 0.4) is 0 Å². The fourth-order valence-electron chi connectivity index (χ4n) is 1.48. The van der Waals surface area contributed by atoms with Gasteiger partial charge in [-0.05, 0) is 31.9 Å². The minimum Gasteiger partial charge on any atom is -0.223 e. The maximum Gasteiger partial charge on any atom is 0.206 e. The van der Waals surface area contributed by atoms with E-state index in [4.69, 9.17) is 5.90 Å². The molecule has 13 heavy (non-hydrogen) atoms. The zero-order valence-corrected chi connectivity index (χ0v) is 8.77. The predicted molar refractivity (Wildman–Crippen MR) is 52.3 cm³/mol. The molecular weight excluding hydrogens is 186 g/mol. The van der Waals surface area contributed by atoms with E-state index >= 15 is 0 Å². The molecule has 0 saturated carbocycles. The normalized spacial score (nSPS) is 12.9. The predicted octanol–water partition coefficient (Wildman–Crippen LogP) is 1.52. The SMILES string of the molecule is Cc1cc(C)c(S(=O)ON)c(C)c1. The number of aryl methyl sites for hydroxylation is 3. The van der Waals surface area contributed by atoms with Crippen LogP contribution in [0.5, 0.6) is 0 Å². The Labute approximate surface area is 80.5 Å². The summed E-state index contributed by atoms with van der Waals surface area (Å²) in [5.41, 5.74) is 3.04. The molecule has 4 heteroatoms. The standard InChI is InChI=1S/C9H13NO2S/c1-6-4-7(2)9(8(3)5-6)13(11)12-10/h4-5H,10H2,1-3H3. The maximum atomic E-state index is 11.3. The molecule has 2 N–H and O–H groups in total. The van der Waals surface area contributed by atoms with Gasteiger partial charge in [0.05, 0.1) is 4.90 Å². The van der Waals surface area contributed by atoms with Crippen LogP contribution in [0.15, 0.2) is 17.0 Å². The van der Waals surface area contributed by atoms with Crippen molar-refractivity contribution < 1.29 is 8.49 Å². The summed E-state index contributed by atoms with van der Waals surface area (Å²) in [4.78, 5) is 0.674. The molecule has 3 nitrogen and oxygen atoms in total. The van der Waals surface area contributed by atoms with Gasteiger partial charge in [0, 0.05) is 0 Å². The second-order valence-corrected chi connectivity index (χ2v) is 4.13. The van der Waals surface area contributed by atoms with Crippen molar-refractivity contribution in [1.82, 2.24) is 0 Å². The molecule has 1 aromatic rings. The van der Waals surface area contributed by atoms with Crippen molar-refractivity contribution in [3.8, 4) is 0 Å². The minimum atomic E-state index is -1.54. The summed E-state index contributed by atoms with van der Waals surface area (Å²) in [6.45, 7) is 5.79. The molecule has 1 atom stereocenters. The van der Waals surface area contributed by atoms with E-state index in [2.05, 4.69) is 4.28 Å². The summed E-state index contributed by atoms with van der Waals surface area (Å²) in [5, 5.41) is 0. The Hall–Kier alpha value is -0.710. The van der Waals surface area contributed by atoms with Crippen molar-refractivity contribution in [2.45, 2.75) is 25.7 Å². The van der Waals surface area contributed by atoms with Gasteiger partial charge in [-0.3, -0.25) is 0 Å². The van der Waals surface area contributed by atoms with E-state index in [-0.39, 0.29) is 0 Å². The molecule has 0 aliphatic rings. The van der Waals surface area contributed by atoms with Crippen molar-refractivity contribution in [1.29, 1.82) is 0 Å². The van der Waals surface area contributed by atoms with E-state index < -0.39 is 11.1 Å². The third kappa shape index (κ3) is 2.15. The van der Waals surface area contributed by atoms with Crippen LogP contribution in [0.2, 0.25) is 0 Å². The molecule has 0 amide bonds. The van der Waals surface area contributed by atoms with Gasteiger partial charge in [0.2, 0.25) is 11.1 Å². The first-order valence-corrected chi connectivity index (χ1v) is 5.00. The summed E-state index contributed by atoms with van der Waals surface area (Å²) < 4.78 is 15.6. The Bertz CT molecular complexity index is 326. The number of nitrogens with two attached hydrogens (primary N) is 1. The van der Waals surface area contributed by atoms with Gasteiger partial charge in [0.1, 0.15) is 0 Å². The molecule has 1 unspecified atom stereocenters. The monoisotopic (exact) mass is 199 g/mol. The second-order valence-electron chi connectivity index (χ2n) is 3.06. The van der Waals surface area contributed by atoms with Gasteiger partial charge in [-0.1, -0.05) is 17.7 Å². The van der Waals surface area contributed by atoms with Crippen LogP contribution in [-0.2, 0) is 15.4 Å². The Morgan fingerprint density at radius 1 is 1.23 bits per heavy atom. The van der Waals surface area contributed by atoms with Gasteiger partial charge >= 0.3 is 0 Å². The highest BCUT2D eigenvalue weighted by atomic mass is 32.2. The average Bonchev–Trinajstić information content (AvgIpc) is 2.02. The van der Waals surface area contributed by atoms with Crippen LogP contribution in [0.25, 0.3) is 0 Å². The maximum absolute atomic E-state index is 11.3. The molecule has 72 valence electrons. The quantitative estimate of drug-likeness (QED) is 0.735. The lowest BCUT2D eigenvalue weighted by Crippen LogP contribution is -2.07. The lowest BCUT2D eigenvalue weighted by atomic mass is 10.1. The minimum absolute atomic E-state index is 0.674. The number of rotatable bonds is 2. The van der Waals surface area contributed by atoms with Crippen LogP contribution in [0, 0.1) is 20.8 Å². The fraction of sp³-hybridized carbons (Fsp3) is 0.333. The van der Waals surface area contributed by atoms with Crippen molar-refractivity contribution in [2.24, 2.45) is 5.90 Å². The molecule has 1 rings (SSSR count). The summed E-state index contributed by atoms with van der Waals surface area (Å²) in [5.74, 6) is 4.88. The van der Waals surface area contributed by atoms with E-state index in [0.717, 1.165) is 16.7 Å². The van der Waals surface area contributed by atoms with E-state index in [1.807, 2.05) is 32.9 Å². The first kappa shape index (κ1) is 10.4. The number of hydrogen-bond acceptors (Lipinski definition) is 3. The van der Waals surface area contributed by atoms with Crippen molar-refractivity contribution in [3.63, 3.8) is 0 Å². The molecule has 0 radical (unpaired) electrons. The fourth-order valence-corrected chi connectivity index (χ4v) is 2.22. The Morgan fingerprint density at radius 2 is 1.69 bits per heavy atom.